The normalized spacial score (nSPS) is 24.9. The smallest absolute Gasteiger partial charge is 0.251 e. The largest absolute Gasteiger partial charge is 0.348 e. The van der Waals surface area contributed by atoms with E-state index in [-0.39, 0.29) is 5.91 Å². The van der Waals surface area contributed by atoms with Crippen molar-refractivity contribution in [2.24, 2.45) is 5.92 Å². The van der Waals surface area contributed by atoms with Crippen LogP contribution in [0.4, 0.5) is 0 Å². The van der Waals surface area contributed by atoms with Crippen LogP contribution in [-0.2, 0) is 0 Å². The van der Waals surface area contributed by atoms with E-state index < -0.39 is 0 Å². The summed E-state index contributed by atoms with van der Waals surface area (Å²) in [4.78, 5) is 20.3. The van der Waals surface area contributed by atoms with Gasteiger partial charge in [-0.25, -0.2) is 4.98 Å². The zero-order valence-electron chi connectivity index (χ0n) is 13.8. The van der Waals surface area contributed by atoms with Crippen molar-refractivity contribution in [3.63, 3.8) is 0 Å². The molecule has 25 heavy (non-hydrogen) atoms. The third-order valence-corrected chi connectivity index (χ3v) is 6.19. The summed E-state index contributed by atoms with van der Waals surface area (Å²) in [5.74, 6) is 0.666. The minimum absolute atomic E-state index is 0.0277. The van der Waals surface area contributed by atoms with Crippen LogP contribution in [0.25, 0.3) is 0 Å². The van der Waals surface area contributed by atoms with E-state index in [1.165, 1.54) is 25.9 Å². The van der Waals surface area contributed by atoms with Crippen LogP contribution in [0.3, 0.4) is 0 Å². The van der Waals surface area contributed by atoms with Gasteiger partial charge in [-0.3, -0.25) is 4.79 Å². The van der Waals surface area contributed by atoms with Gasteiger partial charge in [0.1, 0.15) is 5.03 Å². The Balaban J connectivity index is 1.38. The highest BCUT2D eigenvalue weighted by molar-refractivity contribution is 7.99. The second kappa shape index (κ2) is 7.36. The lowest BCUT2D eigenvalue weighted by molar-refractivity contribution is 0.0620. The van der Waals surface area contributed by atoms with E-state index in [2.05, 4.69) is 15.2 Å². The number of carbonyl (C=O) groups is 1. The lowest BCUT2D eigenvalue weighted by atomic mass is 9.84. The number of halogens is 1. The van der Waals surface area contributed by atoms with Gasteiger partial charge < -0.3 is 10.2 Å². The van der Waals surface area contributed by atoms with Crippen molar-refractivity contribution >= 4 is 29.3 Å². The second-order valence-corrected chi connectivity index (χ2v) is 8.19. The lowest BCUT2D eigenvalue weighted by Gasteiger charge is -2.44. The molecule has 6 heteroatoms. The molecule has 1 N–H and O–H groups in total. The van der Waals surface area contributed by atoms with E-state index >= 15 is 0 Å². The maximum absolute atomic E-state index is 12.5. The van der Waals surface area contributed by atoms with Crippen molar-refractivity contribution in [1.29, 1.82) is 0 Å². The minimum Gasteiger partial charge on any atom is -0.348 e. The molecule has 3 aliphatic heterocycles. The number of nitrogens with zero attached hydrogens (tertiary/aromatic N) is 2. The first-order valence-corrected chi connectivity index (χ1v) is 9.79. The summed E-state index contributed by atoms with van der Waals surface area (Å²) >= 11 is 7.41. The molecule has 3 fully saturated rings. The molecule has 3 saturated heterocycles. The number of fused-ring (bicyclic) bond motifs is 3. The number of amides is 1. The fraction of sp³-hybridized carbons (Fsp3) is 0.368. The van der Waals surface area contributed by atoms with E-state index in [1.54, 1.807) is 18.0 Å². The molecule has 1 unspecified atom stereocenters. The predicted octanol–water partition coefficient (Wildman–Crippen LogP) is 3.71. The predicted molar refractivity (Wildman–Crippen MR) is 100 cm³/mol. The Morgan fingerprint density at radius 3 is 2.52 bits per heavy atom. The summed E-state index contributed by atoms with van der Waals surface area (Å²) in [6.45, 7) is 3.36. The molecule has 1 atom stereocenters. The molecular weight excluding hydrogens is 354 g/mol. The van der Waals surface area contributed by atoms with Crippen LogP contribution in [0.15, 0.2) is 52.5 Å². The quantitative estimate of drug-likeness (QED) is 0.887. The average molecular weight is 374 g/mol. The Kier molecular flexibility index (Phi) is 4.97. The van der Waals surface area contributed by atoms with E-state index in [0.717, 1.165) is 16.5 Å². The maximum atomic E-state index is 12.5. The van der Waals surface area contributed by atoms with Crippen LogP contribution in [0.1, 0.15) is 23.2 Å². The number of hydrogen-bond acceptors (Lipinski definition) is 4. The molecule has 4 heterocycles. The van der Waals surface area contributed by atoms with Crippen molar-refractivity contribution in [3.05, 3.63) is 53.2 Å². The number of benzene rings is 1. The van der Waals surface area contributed by atoms with Gasteiger partial charge in [-0.05, 0) is 68.2 Å². The van der Waals surface area contributed by atoms with Crippen molar-refractivity contribution < 1.29 is 4.79 Å². The Hall–Kier alpha value is -1.56. The molecule has 1 aromatic heterocycles. The molecule has 0 radical (unpaired) electrons. The third-order valence-electron chi connectivity index (χ3n) is 5.01. The van der Waals surface area contributed by atoms with Crippen LogP contribution in [0, 0.1) is 5.92 Å². The Morgan fingerprint density at radius 1 is 1.16 bits per heavy atom. The SMILES string of the molecule is O=C(NC1CN2CCC1CC2)c1ccc(Sc2ccc(Cl)cn2)cc1. The highest BCUT2D eigenvalue weighted by atomic mass is 35.5. The summed E-state index contributed by atoms with van der Waals surface area (Å²) < 4.78 is 0. The number of nitrogens with one attached hydrogen (secondary N) is 1. The van der Waals surface area contributed by atoms with E-state index in [9.17, 15) is 4.79 Å². The van der Waals surface area contributed by atoms with Crippen molar-refractivity contribution in [3.8, 4) is 0 Å². The van der Waals surface area contributed by atoms with Gasteiger partial charge in [0.2, 0.25) is 0 Å². The van der Waals surface area contributed by atoms with Crippen molar-refractivity contribution in [2.75, 3.05) is 19.6 Å². The van der Waals surface area contributed by atoms with Gasteiger partial charge in [-0.2, -0.15) is 0 Å². The van der Waals surface area contributed by atoms with Crippen LogP contribution in [-0.4, -0.2) is 41.5 Å². The number of carbonyl (C=O) groups excluding carboxylic acids is 1. The van der Waals surface area contributed by atoms with Gasteiger partial charge in [-0.15, -0.1) is 0 Å². The fourth-order valence-electron chi connectivity index (χ4n) is 3.60. The number of hydrogen-bond donors (Lipinski definition) is 1. The zero-order chi connectivity index (χ0) is 17.2. The first kappa shape index (κ1) is 16.9. The lowest BCUT2D eigenvalue weighted by Crippen LogP contribution is -2.57. The number of rotatable bonds is 4. The summed E-state index contributed by atoms with van der Waals surface area (Å²) in [5, 5.41) is 4.74. The van der Waals surface area contributed by atoms with Crippen molar-refractivity contribution in [2.45, 2.75) is 28.8 Å². The summed E-state index contributed by atoms with van der Waals surface area (Å²) in [7, 11) is 0. The van der Waals surface area contributed by atoms with E-state index in [4.69, 9.17) is 11.6 Å². The van der Waals surface area contributed by atoms with Gasteiger partial charge >= 0.3 is 0 Å². The summed E-state index contributed by atoms with van der Waals surface area (Å²) in [6, 6.07) is 11.7. The molecule has 1 aromatic carbocycles. The molecule has 4 nitrogen and oxygen atoms in total. The molecule has 2 aromatic rings. The Bertz CT molecular complexity index is 742. The standard InChI is InChI=1S/C19H20ClN3OS/c20-15-3-6-18(21-11-15)25-16-4-1-14(2-5-16)19(24)22-17-12-23-9-7-13(17)8-10-23/h1-6,11,13,17H,7-10,12H2,(H,22,24). The zero-order valence-corrected chi connectivity index (χ0v) is 15.4. The third kappa shape index (κ3) is 4.00. The Morgan fingerprint density at radius 2 is 1.92 bits per heavy atom. The van der Waals surface area contributed by atoms with Gasteiger partial charge in [0.25, 0.3) is 5.91 Å². The van der Waals surface area contributed by atoms with Crippen LogP contribution in [0.5, 0.6) is 0 Å². The van der Waals surface area contributed by atoms with Gasteiger partial charge in [0.15, 0.2) is 0 Å². The van der Waals surface area contributed by atoms with Crippen molar-refractivity contribution in [1.82, 2.24) is 15.2 Å². The molecule has 0 spiro atoms. The van der Waals surface area contributed by atoms with Gasteiger partial charge in [0, 0.05) is 29.2 Å². The Labute approximate surface area is 157 Å². The monoisotopic (exact) mass is 373 g/mol. The molecule has 1 amide bonds. The van der Waals surface area contributed by atoms with E-state index in [1.807, 2.05) is 36.4 Å². The molecule has 0 aliphatic carbocycles. The highest BCUT2D eigenvalue weighted by Gasteiger charge is 2.34. The molecule has 0 saturated carbocycles. The number of pyridine rings is 1. The topological polar surface area (TPSA) is 45.2 Å². The van der Waals surface area contributed by atoms with Gasteiger partial charge in [-0.1, -0.05) is 23.4 Å². The molecular formula is C19H20ClN3OS. The van der Waals surface area contributed by atoms with Crippen LogP contribution < -0.4 is 5.32 Å². The first-order chi connectivity index (χ1) is 12.2. The number of aromatic nitrogens is 1. The maximum Gasteiger partial charge on any atom is 0.251 e. The van der Waals surface area contributed by atoms with Crippen LogP contribution >= 0.6 is 23.4 Å². The van der Waals surface area contributed by atoms with Crippen LogP contribution in [0.2, 0.25) is 5.02 Å². The highest BCUT2D eigenvalue weighted by Crippen LogP contribution is 2.29. The molecule has 2 bridgehead atoms. The molecule has 5 rings (SSSR count). The molecule has 130 valence electrons. The first-order valence-electron chi connectivity index (χ1n) is 8.60. The summed E-state index contributed by atoms with van der Waals surface area (Å²) in [6.07, 6.45) is 4.04. The average Bonchev–Trinajstić information content (AvgIpc) is 2.65. The summed E-state index contributed by atoms with van der Waals surface area (Å²) in [5.41, 5.74) is 0.713. The fourth-order valence-corrected chi connectivity index (χ4v) is 4.46. The number of piperidine rings is 3. The minimum atomic E-state index is 0.0277. The molecule has 3 aliphatic rings. The second-order valence-electron chi connectivity index (χ2n) is 6.66. The van der Waals surface area contributed by atoms with E-state index in [0.29, 0.717) is 22.5 Å². The van der Waals surface area contributed by atoms with Gasteiger partial charge in [0.05, 0.1) is 5.02 Å².